The lowest BCUT2D eigenvalue weighted by Gasteiger charge is -2.23. The fourth-order valence-corrected chi connectivity index (χ4v) is 4.66. The van der Waals surface area contributed by atoms with E-state index in [-0.39, 0.29) is 24.0 Å². The van der Waals surface area contributed by atoms with E-state index in [1.807, 2.05) is 4.90 Å². The van der Waals surface area contributed by atoms with Gasteiger partial charge >= 0.3 is 0 Å². The number of rotatable bonds is 5. The van der Waals surface area contributed by atoms with E-state index in [0.29, 0.717) is 24.6 Å². The van der Waals surface area contributed by atoms with Crippen LogP contribution in [0.3, 0.4) is 0 Å². The molecule has 1 aromatic heterocycles. The van der Waals surface area contributed by atoms with Crippen molar-refractivity contribution in [3.63, 3.8) is 0 Å². The lowest BCUT2D eigenvalue weighted by atomic mass is 10.2. The van der Waals surface area contributed by atoms with E-state index >= 15 is 0 Å². The van der Waals surface area contributed by atoms with Crippen molar-refractivity contribution >= 4 is 33.4 Å². The summed E-state index contributed by atoms with van der Waals surface area (Å²) in [5.74, 6) is 0.136. The van der Waals surface area contributed by atoms with Gasteiger partial charge in [-0.2, -0.15) is 0 Å². The van der Waals surface area contributed by atoms with Crippen molar-refractivity contribution in [1.29, 1.82) is 0 Å². The van der Waals surface area contributed by atoms with Gasteiger partial charge in [0.25, 0.3) is 0 Å². The first kappa shape index (κ1) is 16.7. The Bertz CT molecular complexity index is 645. The topological polar surface area (TPSA) is 87.7 Å². The second-order valence-corrected chi connectivity index (χ2v) is 7.68. The van der Waals surface area contributed by atoms with Gasteiger partial charge in [0.1, 0.15) is 6.04 Å². The predicted octanol–water partition coefficient (Wildman–Crippen LogP) is 0.929. The number of ether oxygens (including phenoxy) is 1. The number of carbonyl (C=O) groups is 2. The van der Waals surface area contributed by atoms with Crippen LogP contribution in [-0.2, 0) is 14.3 Å². The van der Waals surface area contributed by atoms with Crippen LogP contribution in [0.15, 0.2) is 0 Å². The van der Waals surface area contributed by atoms with Gasteiger partial charge in [-0.25, -0.2) is 0 Å². The molecule has 0 radical (unpaired) electrons. The van der Waals surface area contributed by atoms with Crippen molar-refractivity contribution in [3.8, 4) is 0 Å². The summed E-state index contributed by atoms with van der Waals surface area (Å²) in [6.07, 6.45) is 5.44. The van der Waals surface area contributed by atoms with Crippen LogP contribution in [0.25, 0.3) is 0 Å². The van der Waals surface area contributed by atoms with E-state index in [9.17, 15) is 9.59 Å². The summed E-state index contributed by atoms with van der Waals surface area (Å²) >= 11 is 1.40. The lowest BCUT2D eigenvalue weighted by molar-refractivity contribution is -0.122. The van der Waals surface area contributed by atoms with Gasteiger partial charge in [-0.15, -0.1) is 10.2 Å². The van der Waals surface area contributed by atoms with Crippen molar-refractivity contribution < 1.29 is 14.3 Å². The summed E-state index contributed by atoms with van der Waals surface area (Å²) in [7, 11) is 0. The first-order valence-corrected chi connectivity index (χ1v) is 9.84. The van der Waals surface area contributed by atoms with Gasteiger partial charge in [-0.1, -0.05) is 11.3 Å². The second-order valence-electron chi connectivity index (χ2n) is 6.75. The summed E-state index contributed by atoms with van der Waals surface area (Å²) in [5.41, 5.74) is 0. The molecule has 1 N–H and O–H groups in total. The number of hydrogen-bond acceptors (Lipinski definition) is 7. The monoisotopic (exact) mass is 365 g/mol. The molecule has 2 amide bonds. The third kappa shape index (κ3) is 3.48. The van der Waals surface area contributed by atoms with Crippen LogP contribution in [0.2, 0.25) is 0 Å². The molecule has 0 unspecified atom stereocenters. The van der Waals surface area contributed by atoms with Crippen molar-refractivity contribution in [1.82, 2.24) is 15.5 Å². The number of nitrogens with zero attached hydrogens (tertiary/aromatic N) is 4. The van der Waals surface area contributed by atoms with E-state index in [0.717, 1.165) is 50.4 Å². The van der Waals surface area contributed by atoms with Crippen LogP contribution in [0.4, 0.5) is 10.3 Å². The fourth-order valence-electron chi connectivity index (χ4n) is 3.69. The number of hydrogen-bond donors (Lipinski definition) is 1. The highest BCUT2D eigenvalue weighted by Crippen LogP contribution is 2.33. The molecule has 0 aromatic carbocycles. The van der Waals surface area contributed by atoms with Gasteiger partial charge in [0.2, 0.25) is 22.1 Å². The Labute approximate surface area is 150 Å². The van der Waals surface area contributed by atoms with Crippen LogP contribution in [0.1, 0.15) is 38.5 Å². The Morgan fingerprint density at radius 1 is 1.20 bits per heavy atom. The highest BCUT2D eigenvalue weighted by atomic mass is 32.1. The first-order chi connectivity index (χ1) is 12.2. The zero-order chi connectivity index (χ0) is 17.2. The Morgan fingerprint density at radius 3 is 2.84 bits per heavy atom. The molecule has 0 saturated carbocycles. The summed E-state index contributed by atoms with van der Waals surface area (Å²) in [6.45, 7) is 2.87. The molecule has 1 aromatic rings. The Hall–Kier alpha value is -1.74. The predicted molar refractivity (Wildman–Crippen MR) is 93.8 cm³/mol. The molecule has 3 aliphatic heterocycles. The standard InChI is InChI=1S/C16H23N5O3S/c22-13-6-2-8-21(13)16-19-18-15(25-16)20-7-1-5-12(20)14(23)17-10-11-4-3-9-24-11/h11-12H,1-10H2,(H,17,23)/t11-,12+/m0/s1. The molecule has 0 aliphatic carbocycles. The molecule has 4 heterocycles. The van der Waals surface area contributed by atoms with Crippen LogP contribution in [0, 0.1) is 0 Å². The number of aromatic nitrogens is 2. The molecule has 3 aliphatic rings. The van der Waals surface area contributed by atoms with Gasteiger partial charge in [0.15, 0.2) is 0 Å². The highest BCUT2D eigenvalue weighted by Gasteiger charge is 2.34. The van der Waals surface area contributed by atoms with Crippen molar-refractivity contribution in [2.75, 3.05) is 36.0 Å². The third-order valence-corrected chi connectivity index (χ3v) is 6.02. The van der Waals surface area contributed by atoms with Gasteiger partial charge in [0, 0.05) is 32.7 Å². The normalized spacial score (nSPS) is 26.6. The minimum Gasteiger partial charge on any atom is -0.376 e. The molecule has 3 fully saturated rings. The summed E-state index contributed by atoms with van der Waals surface area (Å²) < 4.78 is 5.56. The number of carbonyl (C=O) groups excluding carboxylic acids is 2. The molecular weight excluding hydrogens is 342 g/mol. The Morgan fingerprint density at radius 2 is 2.08 bits per heavy atom. The van der Waals surface area contributed by atoms with E-state index in [1.54, 1.807) is 4.90 Å². The SMILES string of the molecule is O=C(NC[C@@H]1CCCO1)[C@H]1CCCN1c1nnc(N2CCCC2=O)s1. The van der Waals surface area contributed by atoms with Crippen molar-refractivity contribution in [3.05, 3.63) is 0 Å². The fraction of sp³-hybridized carbons (Fsp3) is 0.750. The molecule has 0 bridgehead atoms. The van der Waals surface area contributed by atoms with Crippen LogP contribution < -0.4 is 15.1 Å². The van der Waals surface area contributed by atoms with Crippen LogP contribution in [-0.4, -0.2) is 60.4 Å². The number of amides is 2. The summed E-state index contributed by atoms with van der Waals surface area (Å²) in [4.78, 5) is 28.2. The quantitative estimate of drug-likeness (QED) is 0.835. The minimum atomic E-state index is -0.212. The van der Waals surface area contributed by atoms with Gasteiger partial charge in [-0.05, 0) is 32.1 Å². The van der Waals surface area contributed by atoms with Gasteiger partial charge in [0.05, 0.1) is 6.10 Å². The van der Waals surface area contributed by atoms with E-state index in [1.165, 1.54) is 11.3 Å². The van der Waals surface area contributed by atoms with E-state index in [4.69, 9.17) is 4.74 Å². The molecule has 25 heavy (non-hydrogen) atoms. The molecule has 2 atom stereocenters. The average molecular weight is 365 g/mol. The summed E-state index contributed by atoms with van der Waals surface area (Å²) in [6, 6.07) is -0.212. The maximum Gasteiger partial charge on any atom is 0.242 e. The van der Waals surface area contributed by atoms with Crippen LogP contribution >= 0.6 is 11.3 Å². The maximum atomic E-state index is 12.6. The minimum absolute atomic E-state index is 0.0296. The maximum absolute atomic E-state index is 12.6. The van der Waals surface area contributed by atoms with E-state index in [2.05, 4.69) is 15.5 Å². The van der Waals surface area contributed by atoms with Gasteiger partial charge in [-0.3, -0.25) is 14.5 Å². The zero-order valence-corrected chi connectivity index (χ0v) is 15.0. The molecule has 9 heteroatoms. The number of nitrogens with one attached hydrogen (secondary N) is 1. The number of anilines is 2. The smallest absolute Gasteiger partial charge is 0.242 e. The molecule has 8 nitrogen and oxygen atoms in total. The average Bonchev–Trinajstić information content (AvgIpc) is 3.37. The largest absolute Gasteiger partial charge is 0.376 e. The molecule has 136 valence electrons. The molecule has 4 rings (SSSR count). The Balaban J connectivity index is 1.39. The van der Waals surface area contributed by atoms with E-state index < -0.39 is 0 Å². The lowest BCUT2D eigenvalue weighted by Crippen LogP contribution is -2.45. The summed E-state index contributed by atoms with van der Waals surface area (Å²) in [5, 5.41) is 12.8. The third-order valence-electron chi connectivity index (χ3n) is 5.04. The zero-order valence-electron chi connectivity index (χ0n) is 14.1. The molecular formula is C16H23N5O3S. The Kier molecular flexibility index (Phi) is 4.85. The molecule has 0 spiro atoms. The molecule has 3 saturated heterocycles. The second kappa shape index (κ2) is 7.25. The van der Waals surface area contributed by atoms with Crippen LogP contribution in [0.5, 0.6) is 0 Å². The first-order valence-electron chi connectivity index (χ1n) is 9.02. The highest BCUT2D eigenvalue weighted by molar-refractivity contribution is 7.19. The van der Waals surface area contributed by atoms with Gasteiger partial charge < -0.3 is 15.0 Å². The van der Waals surface area contributed by atoms with Crippen molar-refractivity contribution in [2.24, 2.45) is 0 Å². The van der Waals surface area contributed by atoms with Crippen molar-refractivity contribution in [2.45, 2.75) is 50.7 Å².